The maximum atomic E-state index is 12.7. The summed E-state index contributed by atoms with van der Waals surface area (Å²) in [7, 11) is 2.80. The number of unbranched alkanes of at least 4 members (excludes halogenated alkanes) is 2. The van der Waals surface area contributed by atoms with Crippen LogP contribution in [0, 0.1) is 5.41 Å². The summed E-state index contributed by atoms with van der Waals surface area (Å²) in [6.45, 7) is 17.1. The largest absolute Gasteiger partial charge is 0.493 e. The Hall–Kier alpha value is -3.30. The summed E-state index contributed by atoms with van der Waals surface area (Å²) < 4.78 is 27.3. The molecule has 42 heavy (non-hydrogen) atoms. The van der Waals surface area contributed by atoms with Crippen molar-refractivity contribution in [1.29, 1.82) is 0 Å². The van der Waals surface area contributed by atoms with Gasteiger partial charge in [0, 0.05) is 25.4 Å². The van der Waals surface area contributed by atoms with Crippen molar-refractivity contribution in [2.75, 3.05) is 34.0 Å². The quantitative estimate of drug-likeness (QED) is 0.0857. The highest BCUT2D eigenvalue weighted by atomic mass is 16.6. The van der Waals surface area contributed by atoms with E-state index in [0.29, 0.717) is 12.2 Å². The van der Waals surface area contributed by atoms with Crippen LogP contribution in [0.25, 0.3) is 0 Å². The highest BCUT2D eigenvalue weighted by Gasteiger charge is 2.38. The molecule has 0 amide bonds. The van der Waals surface area contributed by atoms with Crippen molar-refractivity contribution in [2.24, 2.45) is 5.41 Å². The summed E-state index contributed by atoms with van der Waals surface area (Å²) in [4.78, 5) is 50.7. The van der Waals surface area contributed by atoms with Crippen LogP contribution >= 0.6 is 0 Å². The first-order valence-corrected chi connectivity index (χ1v) is 14.2. The van der Waals surface area contributed by atoms with Crippen LogP contribution in [0.4, 0.5) is 0 Å². The first-order valence-electron chi connectivity index (χ1n) is 14.2. The average molecular weight is 589 g/mol. The fourth-order valence-electron chi connectivity index (χ4n) is 3.61. The first kappa shape index (κ1) is 36.7. The number of hydrogen-bond acceptors (Lipinski definition) is 9. The molecule has 0 bridgehead atoms. The van der Waals surface area contributed by atoms with Gasteiger partial charge in [0.2, 0.25) is 0 Å². The Labute approximate surface area is 250 Å². The topological polar surface area (TPSA) is 114 Å². The van der Waals surface area contributed by atoms with Crippen LogP contribution in [-0.2, 0) is 44.5 Å². The second kappa shape index (κ2) is 16.4. The molecule has 0 aliphatic rings. The Morgan fingerprint density at radius 3 is 1.55 bits per heavy atom. The minimum atomic E-state index is -1.13. The highest BCUT2D eigenvalue weighted by Crippen LogP contribution is 2.28. The normalized spacial score (nSPS) is 11.9. The number of aryl methyl sites for hydroxylation is 1. The molecule has 0 saturated carbocycles. The van der Waals surface area contributed by atoms with Gasteiger partial charge in [-0.05, 0) is 64.7 Å². The molecule has 0 spiro atoms. The molecule has 1 aromatic rings. The van der Waals surface area contributed by atoms with Gasteiger partial charge < -0.3 is 23.7 Å². The summed E-state index contributed by atoms with van der Waals surface area (Å²) in [5, 5.41) is 0. The SMILES string of the molecule is C=C(C(=O)C(=O)OCC(CC)(COC(=O)C(=O)C(=C)C(C)(C)OC)COc1ccc(CCCCC)cc1)C(C)(C)OC. The first-order chi connectivity index (χ1) is 19.6. The predicted molar refractivity (Wildman–Crippen MR) is 160 cm³/mol. The molecule has 0 unspecified atom stereocenters. The fourth-order valence-corrected chi connectivity index (χ4v) is 3.61. The molecule has 0 heterocycles. The molecule has 0 aromatic heterocycles. The number of rotatable bonds is 20. The van der Waals surface area contributed by atoms with Crippen molar-refractivity contribution in [1.82, 2.24) is 0 Å². The lowest BCUT2D eigenvalue weighted by Gasteiger charge is -2.32. The highest BCUT2D eigenvalue weighted by molar-refractivity contribution is 6.41. The number of carbonyl (C=O) groups is 4. The lowest BCUT2D eigenvalue weighted by Crippen LogP contribution is -2.42. The average Bonchev–Trinajstić information content (AvgIpc) is 2.99. The van der Waals surface area contributed by atoms with Gasteiger partial charge in [0.25, 0.3) is 11.6 Å². The van der Waals surface area contributed by atoms with E-state index in [1.54, 1.807) is 34.6 Å². The zero-order valence-corrected chi connectivity index (χ0v) is 26.6. The monoisotopic (exact) mass is 588 g/mol. The molecule has 1 aromatic carbocycles. The van der Waals surface area contributed by atoms with E-state index in [9.17, 15) is 19.2 Å². The van der Waals surface area contributed by atoms with E-state index < -0.39 is 40.1 Å². The van der Waals surface area contributed by atoms with Gasteiger partial charge in [-0.2, -0.15) is 0 Å². The number of ketones is 2. The number of ether oxygens (including phenoxy) is 5. The summed E-state index contributed by atoms with van der Waals surface area (Å²) >= 11 is 0. The Balaban J connectivity index is 3.11. The molecular weight excluding hydrogens is 540 g/mol. The van der Waals surface area contributed by atoms with Crippen molar-refractivity contribution in [3.63, 3.8) is 0 Å². The second-order valence-electron chi connectivity index (χ2n) is 11.4. The van der Waals surface area contributed by atoms with Crippen LogP contribution in [0.15, 0.2) is 48.6 Å². The molecule has 0 fully saturated rings. The number of hydrogen-bond donors (Lipinski definition) is 0. The van der Waals surface area contributed by atoms with Gasteiger partial charge in [-0.1, -0.05) is 52.0 Å². The van der Waals surface area contributed by atoms with Gasteiger partial charge in [-0.25, -0.2) is 9.59 Å². The van der Waals surface area contributed by atoms with E-state index in [2.05, 4.69) is 20.1 Å². The van der Waals surface area contributed by atoms with Crippen molar-refractivity contribution < 1.29 is 42.9 Å². The van der Waals surface area contributed by atoms with E-state index >= 15 is 0 Å². The van der Waals surface area contributed by atoms with Crippen LogP contribution in [-0.4, -0.2) is 68.7 Å². The Kier molecular flexibility index (Phi) is 14.3. The molecule has 0 radical (unpaired) electrons. The molecule has 1 rings (SSSR count). The van der Waals surface area contributed by atoms with Gasteiger partial charge >= 0.3 is 11.9 Å². The molecule has 0 atom stereocenters. The van der Waals surface area contributed by atoms with Gasteiger partial charge in [-0.3, -0.25) is 9.59 Å². The molecule has 0 saturated heterocycles. The predicted octanol–water partition coefficient (Wildman–Crippen LogP) is 5.38. The number of methoxy groups -OCH3 is 2. The summed E-state index contributed by atoms with van der Waals surface area (Å²) in [5.74, 6) is -3.55. The summed E-state index contributed by atoms with van der Waals surface area (Å²) in [6, 6.07) is 7.67. The van der Waals surface area contributed by atoms with E-state index in [4.69, 9.17) is 23.7 Å². The fraction of sp³-hybridized carbons (Fsp3) is 0.576. The number of carbonyl (C=O) groups excluding carboxylic acids is 4. The Morgan fingerprint density at radius 2 is 1.17 bits per heavy atom. The molecule has 234 valence electrons. The van der Waals surface area contributed by atoms with E-state index in [1.165, 1.54) is 19.8 Å². The zero-order chi connectivity index (χ0) is 32.1. The number of esters is 2. The molecule has 0 aliphatic heterocycles. The van der Waals surface area contributed by atoms with Crippen LogP contribution in [0.1, 0.15) is 72.8 Å². The maximum absolute atomic E-state index is 12.7. The Morgan fingerprint density at radius 1 is 0.714 bits per heavy atom. The third-order valence-electron chi connectivity index (χ3n) is 7.70. The standard InChI is InChI=1S/C33H48O9/c1-11-13-14-15-25-16-18-26(19-17-25)40-20-33(12-2,21-41-29(36)27(34)23(3)31(5,6)38-9)22-42-30(37)28(35)24(4)32(7,8)39-10/h16-19H,3-4,11-15,20-22H2,1-2,5-10H3. The third kappa shape index (κ3) is 10.5. The molecule has 9 nitrogen and oxygen atoms in total. The minimum absolute atomic E-state index is 0.0311. The van der Waals surface area contributed by atoms with Crippen LogP contribution < -0.4 is 4.74 Å². The summed E-state index contributed by atoms with van der Waals surface area (Å²) in [5.41, 5.74) is -2.17. The zero-order valence-electron chi connectivity index (χ0n) is 26.6. The lowest BCUT2D eigenvalue weighted by molar-refractivity contribution is -0.163. The molecule has 9 heteroatoms. The van der Waals surface area contributed by atoms with Crippen LogP contribution in [0.3, 0.4) is 0 Å². The smallest absolute Gasteiger partial charge is 0.379 e. The molecule has 0 N–H and O–H groups in total. The van der Waals surface area contributed by atoms with Crippen LogP contribution in [0.5, 0.6) is 5.75 Å². The van der Waals surface area contributed by atoms with Gasteiger partial charge in [-0.15, -0.1) is 0 Å². The summed E-state index contributed by atoms with van der Waals surface area (Å²) in [6.07, 6.45) is 4.69. The van der Waals surface area contributed by atoms with Crippen LogP contribution in [0.2, 0.25) is 0 Å². The minimum Gasteiger partial charge on any atom is -0.493 e. The third-order valence-corrected chi connectivity index (χ3v) is 7.70. The van der Waals surface area contributed by atoms with Gasteiger partial charge in [0.05, 0.1) is 16.6 Å². The maximum Gasteiger partial charge on any atom is 0.379 e. The van der Waals surface area contributed by atoms with E-state index in [-0.39, 0.29) is 31.0 Å². The number of benzene rings is 1. The number of Topliss-reactive ketones (excluding diaryl/α,β-unsaturated/α-hetero) is 2. The van der Waals surface area contributed by atoms with Gasteiger partial charge in [0.1, 0.15) is 25.6 Å². The molecular formula is C33H48O9. The van der Waals surface area contributed by atoms with E-state index in [1.807, 2.05) is 24.3 Å². The second-order valence-corrected chi connectivity index (χ2v) is 11.4. The lowest BCUT2D eigenvalue weighted by atomic mass is 9.87. The van der Waals surface area contributed by atoms with Gasteiger partial charge in [0.15, 0.2) is 0 Å². The Bertz CT molecular complexity index is 1060. The van der Waals surface area contributed by atoms with Crippen molar-refractivity contribution >= 4 is 23.5 Å². The molecule has 0 aliphatic carbocycles. The van der Waals surface area contributed by atoms with E-state index in [0.717, 1.165) is 25.7 Å². The van der Waals surface area contributed by atoms with Crippen molar-refractivity contribution in [3.05, 3.63) is 54.1 Å². The van der Waals surface area contributed by atoms with Crippen molar-refractivity contribution in [2.45, 2.75) is 84.8 Å². The van der Waals surface area contributed by atoms with Crippen molar-refractivity contribution in [3.8, 4) is 5.75 Å².